The Hall–Kier alpha value is -2.22. The van der Waals surface area contributed by atoms with E-state index in [1.165, 1.54) is 18.2 Å². The molecule has 5 heteroatoms. The van der Waals surface area contributed by atoms with E-state index >= 15 is 0 Å². The van der Waals surface area contributed by atoms with E-state index in [9.17, 15) is 15.0 Å². The highest BCUT2D eigenvalue weighted by Gasteiger charge is 2.34. The van der Waals surface area contributed by atoms with Crippen molar-refractivity contribution < 1.29 is 15.0 Å². The van der Waals surface area contributed by atoms with Crippen LogP contribution in [0.3, 0.4) is 0 Å². The Morgan fingerprint density at radius 1 is 1.39 bits per heavy atom. The molecule has 0 radical (unpaired) electrons. The molecule has 0 heterocycles. The van der Waals surface area contributed by atoms with Gasteiger partial charge in [0.1, 0.15) is 17.1 Å². The number of carbonyl (C=O) groups is 1. The summed E-state index contributed by atoms with van der Waals surface area (Å²) in [5.41, 5.74) is -0.0812. The van der Waals surface area contributed by atoms with Crippen LogP contribution < -0.4 is 0 Å². The zero-order valence-electron chi connectivity index (χ0n) is 9.83. The smallest absolute Gasteiger partial charge is 0.261 e. The zero-order valence-corrected chi connectivity index (χ0v) is 9.83. The minimum atomic E-state index is -0.414. The first-order valence-electron chi connectivity index (χ1n) is 5.84. The number of rotatable bonds is 4. The van der Waals surface area contributed by atoms with Gasteiger partial charge in [-0.25, -0.2) is 0 Å². The van der Waals surface area contributed by atoms with Crippen LogP contribution in [0.1, 0.15) is 29.6 Å². The van der Waals surface area contributed by atoms with Crippen molar-refractivity contribution >= 4 is 5.91 Å². The summed E-state index contributed by atoms with van der Waals surface area (Å²) >= 11 is 0. The van der Waals surface area contributed by atoms with E-state index in [0.717, 1.165) is 12.8 Å². The lowest BCUT2D eigenvalue weighted by Gasteiger charge is -2.22. The highest BCUT2D eigenvalue weighted by Crippen LogP contribution is 2.33. The van der Waals surface area contributed by atoms with Crippen molar-refractivity contribution in [3.63, 3.8) is 0 Å². The van der Waals surface area contributed by atoms with Crippen molar-refractivity contribution in [3.8, 4) is 17.6 Å². The van der Waals surface area contributed by atoms with Gasteiger partial charge in [0, 0.05) is 12.6 Å². The number of carbonyl (C=O) groups excluding carboxylic acids is 1. The number of phenolic OH excluding ortho intramolecular Hbond substituents is 2. The maximum absolute atomic E-state index is 12.3. The number of benzene rings is 1. The molecule has 1 saturated carbocycles. The molecule has 18 heavy (non-hydrogen) atoms. The Morgan fingerprint density at radius 3 is 2.50 bits per heavy atom. The van der Waals surface area contributed by atoms with Crippen LogP contribution in [0.15, 0.2) is 18.2 Å². The van der Waals surface area contributed by atoms with E-state index in [1.54, 1.807) is 4.90 Å². The number of hydrogen-bond acceptors (Lipinski definition) is 4. The summed E-state index contributed by atoms with van der Waals surface area (Å²) in [4.78, 5) is 13.8. The van der Waals surface area contributed by atoms with Crippen LogP contribution in [0.5, 0.6) is 11.5 Å². The van der Waals surface area contributed by atoms with E-state index in [0.29, 0.717) is 6.54 Å². The molecule has 5 nitrogen and oxygen atoms in total. The molecule has 2 rings (SSSR count). The highest BCUT2D eigenvalue weighted by atomic mass is 16.3. The number of nitrogens with zero attached hydrogens (tertiary/aromatic N) is 2. The molecule has 0 atom stereocenters. The lowest BCUT2D eigenvalue weighted by Crippen LogP contribution is -2.34. The fourth-order valence-electron chi connectivity index (χ4n) is 1.90. The molecule has 0 aromatic heterocycles. The van der Waals surface area contributed by atoms with Gasteiger partial charge in [-0.15, -0.1) is 0 Å². The van der Waals surface area contributed by atoms with E-state index in [2.05, 4.69) is 0 Å². The van der Waals surface area contributed by atoms with Crippen LogP contribution in [0.25, 0.3) is 0 Å². The van der Waals surface area contributed by atoms with Crippen LogP contribution in [0.2, 0.25) is 0 Å². The first kappa shape index (κ1) is 12.2. The van der Waals surface area contributed by atoms with Gasteiger partial charge in [-0.3, -0.25) is 4.79 Å². The van der Waals surface area contributed by atoms with E-state index in [4.69, 9.17) is 5.26 Å². The third-order valence-electron chi connectivity index (χ3n) is 2.95. The summed E-state index contributed by atoms with van der Waals surface area (Å²) in [5, 5.41) is 27.9. The van der Waals surface area contributed by atoms with Gasteiger partial charge in [0.15, 0.2) is 0 Å². The van der Waals surface area contributed by atoms with E-state index in [-0.39, 0.29) is 29.5 Å². The molecule has 1 aliphatic rings. The van der Waals surface area contributed by atoms with Crippen molar-refractivity contribution in [1.29, 1.82) is 5.26 Å². The van der Waals surface area contributed by atoms with Crippen LogP contribution in [0, 0.1) is 11.3 Å². The molecular formula is C13H14N2O3. The van der Waals surface area contributed by atoms with Crippen molar-refractivity contribution in [2.24, 2.45) is 0 Å². The average molecular weight is 246 g/mol. The number of nitriles is 1. The van der Waals surface area contributed by atoms with Gasteiger partial charge in [-0.1, -0.05) is 6.07 Å². The fraction of sp³-hybridized carbons (Fsp3) is 0.385. The molecule has 1 aromatic carbocycles. The SMILES string of the molecule is N#CCCN(C(=O)c1c(O)cccc1O)C1CC1. The van der Waals surface area contributed by atoms with Crippen molar-refractivity contribution in [1.82, 2.24) is 4.90 Å². The molecule has 2 N–H and O–H groups in total. The summed E-state index contributed by atoms with van der Waals surface area (Å²) in [5.74, 6) is -0.881. The molecule has 1 aliphatic carbocycles. The van der Waals surface area contributed by atoms with Crippen LogP contribution in [0.4, 0.5) is 0 Å². The molecule has 94 valence electrons. The number of phenols is 2. The second-order valence-corrected chi connectivity index (χ2v) is 4.31. The summed E-state index contributed by atoms with van der Waals surface area (Å²) in [7, 11) is 0. The van der Waals surface area contributed by atoms with Gasteiger partial charge in [0.05, 0.1) is 12.5 Å². The number of aromatic hydroxyl groups is 2. The van der Waals surface area contributed by atoms with E-state index in [1.807, 2.05) is 6.07 Å². The summed E-state index contributed by atoms with van der Waals surface area (Å²) in [6, 6.07) is 6.32. The molecule has 0 spiro atoms. The van der Waals surface area contributed by atoms with Gasteiger partial charge in [-0.05, 0) is 25.0 Å². The van der Waals surface area contributed by atoms with Crippen LogP contribution in [-0.4, -0.2) is 33.6 Å². The van der Waals surface area contributed by atoms with Crippen molar-refractivity contribution in [3.05, 3.63) is 23.8 Å². The Labute approximate surface area is 105 Å². The topological polar surface area (TPSA) is 84.6 Å². The third kappa shape index (κ3) is 2.38. The minimum absolute atomic E-state index is 0.0812. The maximum atomic E-state index is 12.3. The Morgan fingerprint density at radius 2 is 2.00 bits per heavy atom. The number of amides is 1. The lowest BCUT2D eigenvalue weighted by atomic mass is 10.1. The molecule has 0 unspecified atom stereocenters. The van der Waals surface area contributed by atoms with Gasteiger partial charge >= 0.3 is 0 Å². The third-order valence-corrected chi connectivity index (χ3v) is 2.95. The zero-order chi connectivity index (χ0) is 13.1. The lowest BCUT2D eigenvalue weighted by molar-refractivity contribution is 0.0740. The molecule has 0 bridgehead atoms. The van der Waals surface area contributed by atoms with Crippen molar-refractivity contribution in [2.45, 2.75) is 25.3 Å². The first-order chi connectivity index (χ1) is 8.65. The first-order valence-corrected chi connectivity index (χ1v) is 5.84. The largest absolute Gasteiger partial charge is 0.507 e. The van der Waals surface area contributed by atoms with E-state index < -0.39 is 5.91 Å². The Bertz CT molecular complexity index is 483. The fourth-order valence-corrected chi connectivity index (χ4v) is 1.90. The monoisotopic (exact) mass is 246 g/mol. The summed E-state index contributed by atoms with van der Waals surface area (Å²) < 4.78 is 0. The van der Waals surface area contributed by atoms with Crippen molar-refractivity contribution in [2.75, 3.05) is 6.54 Å². The minimum Gasteiger partial charge on any atom is -0.507 e. The standard InChI is InChI=1S/C13H14N2O3/c14-7-2-8-15(9-5-6-9)13(18)12-10(16)3-1-4-11(12)17/h1,3-4,9,16-17H,2,5-6,8H2. The van der Waals surface area contributed by atoms with Gasteiger partial charge in [0.2, 0.25) is 0 Å². The molecule has 0 aliphatic heterocycles. The van der Waals surface area contributed by atoms with Gasteiger partial charge in [-0.2, -0.15) is 5.26 Å². The Kier molecular flexibility index (Phi) is 3.38. The van der Waals surface area contributed by atoms with Gasteiger partial charge in [0.25, 0.3) is 5.91 Å². The molecule has 1 amide bonds. The van der Waals surface area contributed by atoms with Crippen LogP contribution in [-0.2, 0) is 0 Å². The second-order valence-electron chi connectivity index (χ2n) is 4.31. The maximum Gasteiger partial charge on any atom is 0.261 e. The molecule has 1 fully saturated rings. The average Bonchev–Trinajstić information content (AvgIpc) is 3.14. The quantitative estimate of drug-likeness (QED) is 0.845. The summed E-state index contributed by atoms with van der Waals surface area (Å²) in [6.45, 7) is 0.327. The predicted octanol–water partition coefficient (Wildman–Crippen LogP) is 1.62. The molecular weight excluding hydrogens is 232 g/mol. The highest BCUT2D eigenvalue weighted by molar-refractivity contribution is 5.99. The van der Waals surface area contributed by atoms with Gasteiger partial charge < -0.3 is 15.1 Å². The molecule has 1 aromatic rings. The predicted molar refractivity (Wildman–Crippen MR) is 64.1 cm³/mol. The number of hydrogen-bond donors (Lipinski definition) is 2. The normalized spacial score (nSPS) is 13.9. The second kappa shape index (κ2) is 4.96. The molecule has 0 saturated heterocycles. The Balaban J connectivity index is 2.25. The van der Waals surface area contributed by atoms with Crippen LogP contribution >= 0.6 is 0 Å². The summed E-state index contributed by atoms with van der Waals surface area (Å²) in [6.07, 6.45) is 2.06.